The minimum absolute atomic E-state index is 0.149. The van der Waals surface area contributed by atoms with Crippen LogP contribution in [0.5, 0.6) is 11.5 Å². The SMILES string of the molecule is O=C(N[C@@H](Cc1ccc(OCc2ccccc2)cc1)C(=O)O)c1cccc(OCCCc2ccccc2)c1. The van der Waals surface area contributed by atoms with Crippen LogP contribution in [-0.4, -0.2) is 29.6 Å². The number of hydrogen-bond acceptors (Lipinski definition) is 4. The monoisotopic (exact) mass is 509 g/mol. The molecule has 0 spiro atoms. The molecule has 0 saturated carbocycles. The lowest BCUT2D eigenvalue weighted by Crippen LogP contribution is -2.42. The van der Waals surface area contributed by atoms with Gasteiger partial charge in [-0.15, -0.1) is 0 Å². The summed E-state index contributed by atoms with van der Waals surface area (Å²) in [6, 6.07) is 33.0. The predicted octanol–water partition coefficient (Wildman–Crippen LogP) is 5.70. The zero-order valence-electron chi connectivity index (χ0n) is 21.1. The van der Waals surface area contributed by atoms with Gasteiger partial charge >= 0.3 is 5.97 Å². The number of aliphatic carboxylic acids is 1. The second-order valence-corrected chi connectivity index (χ2v) is 8.95. The third-order valence-corrected chi connectivity index (χ3v) is 6.03. The first-order chi connectivity index (χ1) is 18.6. The minimum atomic E-state index is -1.10. The molecule has 4 rings (SSSR count). The van der Waals surface area contributed by atoms with Crippen LogP contribution in [0.15, 0.2) is 109 Å². The first kappa shape index (κ1) is 26.5. The van der Waals surface area contributed by atoms with Crippen LogP contribution >= 0.6 is 0 Å². The Morgan fingerprint density at radius 3 is 2.08 bits per heavy atom. The molecule has 0 aromatic heterocycles. The fourth-order valence-electron chi connectivity index (χ4n) is 3.98. The Hall–Kier alpha value is -4.58. The van der Waals surface area contributed by atoms with Gasteiger partial charge in [0.15, 0.2) is 0 Å². The molecule has 194 valence electrons. The van der Waals surface area contributed by atoms with Crippen LogP contribution in [0.25, 0.3) is 0 Å². The van der Waals surface area contributed by atoms with E-state index in [1.165, 1.54) is 5.56 Å². The molecule has 0 saturated heterocycles. The number of benzene rings is 4. The van der Waals surface area contributed by atoms with E-state index >= 15 is 0 Å². The van der Waals surface area contributed by atoms with Crippen molar-refractivity contribution in [1.29, 1.82) is 0 Å². The lowest BCUT2D eigenvalue weighted by molar-refractivity contribution is -0.139. The second-order valence-electron chi connectivity index (χ2n) is 8.95. The zero-order chi connectivity index (χ0) is 26.6. The summed E-state index contributed by atoms with van der Waals surface area (Å²) in [7, 11) is 0. The van der Waals surface area contributed by atoms with Gasteiger partial charge < -0.3 is 19.9 Å². The fourth-order valence-corrected chi connectivity index (χ4v) is 3.98. The quantitative estimate of drug-likeness (QED) is 0.226. The van der Waals surface area contributed by atoms with Gasteiger partial charge in [-0.3, -0.25) is 4.79 Å². The van der Waals surface area contributed by atoms with Gasteiger partial charge in [0.05, 0.1) is 6.61 Å². The molecule has 1 atom stereocenters. The normalized spacial score (nSPS) is 11.4. The molecule has 4 aromatic carbocycles. The summed E-state index contributed by atoms with van der Waals surface area (Å²) in [5, 5.41) is 12.4. The van der Waals surface area contributed by atoms with E-state index in [0.29, 0.717) is 30.3 Å². The first-order valence-corrected chi connectivity index (χ1v) is 12.6. The van der Waals surface area contributed by atoms with Crippen molar-refractivity contribution in [2.24, 2.45) is 0 Å². The molecular formula is C32H31NO5. The lowest BCUT2D eigenvalue weighted by atomic mass is 10.1. The minimum Gasteiger partial charge on any atom is -0.494 e. The van der Waals surface area contributed by atoms with Crippen molar-refractivity contribution in [3.8, 4) is 11.5 Å². The Morgan fingerprint density at radius 1 is 0.711 bits per heavy atom. The number of hydrogen-bond donors (Lipinski definition) is 2. The van der Waals surface area contributed by atoms with E-state index in [0.717, 1.165) is 24.0 Å². The molecule has 6 nitrogen and oxygen atoms in total. The third-order valence-electron chi connectivity index (χ3n) is 6.03. The van der Waals surface area contributed by atoms with Crippen molar-refractivity contribution < 1.29 is 24.2 Å². The topological polar surface area (TPSA) is 84.9 Å². The third kappa shape index (κ3) is 8.23. The number of carboxylic acids is 1. The summed E-state index contributed by atoms with van der Waals surface area (Å²) in [6.07, 6.45) is 1.90. The highest BCUT2D eigenvalue weighted by Gasteiger charge is 2.21. The standard InChI is InChI=1S/C32H31NO5/c34-31(27-14-7-15-29(22-27)37-20-8-13-24-9-3-1-4-10-24)33-30(32(35)36)21-25-16-18-28(19-17-25)38-23-26-11-5-2-6-12-26/h1-7,9-12,14-19,22,30H,8,13,20-21,23H2,(H,33,34)(H,35,36)/t30-/m0/s1. The van der Waals surface area contributed by atoms with E-state index in [2.05, 4.69) is 17.4 Å². The van der Waals surface area contributed by atoms with Crippen molar-refractivity contribution in [2.45, 2.75) is 31.9 Å². The van der Waals surface area contributed by atoms with Crippen molar-refractivity contribution in [1.82, 2.24) is 5.32 Å². The number of ether oxygens (including phenoxy) is 2. The molecule has 0 heterocycles. The Kier molecular flexibility index (Phi) is 9.51. The average Bonchev–Trinajstić information content (AvgIpc) is 2.96. The molecule has 38 heavy (non-hydrogen) atoms. The van der Waals surface area contributed by atoms with Gasteiger partial charge in [0, 0.05) is 12.0 Å². The Labute approximate surface area is 222 Å². The molecule has 4 aromatic rings. The molecule has 0 aliphatic carbocycles. The first-order valence-electron chi connectivity index (χ1n) is 12.6. The van der Waals surface area contributed by atoms with Crippen LogP contribution in [0.3, 0.4) is 0 Å². The van der Waals surface area contributed by atoms with E-state index < -0.39 is 17.9 Å². The largest absolute Gasteiger partial charge is 0.494 e. The molecule has 0 bridgehead atoms. The zero-order valence-corrected chi connectivity index (χ0v) is 21.1. The van der Waals surface area contributed by atoms with Gasteiger partial charge in [-0.05, 0) is 59.9 Å². The lowest BCUT2D eigenvalue weighted by Gasteiger charge is -2.16. The molecule has 0 aliphatic heterocycles. The van der Waals surface area contributed by atoms with Crippen LogP contribution in [0.1, 0.15) is 33.5 Å². The van der Waals surface area contributed by atoms with Gasteiger partial charge in [-0.1, -0.05) is 78.9 Å². The Morgan fingerprint density at radius 2 is 1.39 bits per heavy atom. The molecule has 6 heteroatoms. The van der Waals surface area contributed by atoms with Gasteiger partial charge in [0.25, 0.3) is 5.91 Å². The predicted molar refractivity (Wildman–Crippen MR) is 147 cm³/mol. The highest BCUT2D eigenvalue weighted by molar-refractivity contribution is 5.97. The number of carbonyl (C=O) groups is 2. The molecule has 0 radical (unpaired) electrons. The van der Waals surface area contributed by atoms with E-state index in [4.69, 9.17) is 9.47 Å². The molecule has 0 aliphatic rings. The molecule has 0 fully saturated rings. The highest BCUT2D eigenvalue weighted by Crippen LogP contribution is 2.17. The van der Waals surface area contributed by atoms with Crippen LogP contribution in [-0.2, 0) is 24.2 Å². The summed E-state index contributed by atoms with van der Waals surface area (Å²) in [5.74, 6) is -0.302. The van der Waals surface area contributed by atoms with Crippen LogP contribution in [0.4, 0.5) is 0 Å². The van der Waals surface area contributed by atoms with Crippen LogP contribution in [0.2, 0.25) is 0 Å². The van der Waals surface area contributed by atoms with Crippen molar-refractivity contribution in [3.05, 3.63) is 131 Å². The van der Waals surface area contributed by atoms with Crippen LogP contribution < -0.4 is 14.8 Å². The van der Waals surface area contributed by atoms with E-state index in [9.17, 15) is 14.7 Å². The highest BCUT2D eigenvalue weighted by atomic mass is 16.5. The maximum Gasteiger partial charge on any atom is 0.326 e. The van der Waals surface area contributed by atoms with E-state index in [-0.39, 0.29) is 6.42 Å². The summed E-state index contributed by atoms with van der Waals surface area (Å²) in [4.78, 5) is 24.7. The summed E-state index contributed by atoms with van der Waals surface area (Å²) < 4.78 is 11.6. The molecule has 2 N–H and O–H groups in total. The van der Waals surface area contributed by atoms with Crippen molar-refractivity contribution in [2.75, 3.05) is 6.61 Å². The number of rotatable bonds is 13. The van der Waals surface area contributed by atoms with E-state index in [1.54, 1.807) is 36.4 Å². The van der Waals surface area contributed by atoms with Crippen LogP contribution in [0, 0.1) is 0 Å². The van der Waals surface area contributed by atoms with E-state index in [1.807, 2.05) is 60.7 Å². The number of aryl methyl sites for hydroxylation is 1. The maximum atomic E-state index is 12.8. The van der Waals surface area contributed by atoms with Gasteiger partial charge in [0.1, 0.15) is 24.1 Å². The number of nitrogens with one attached hydrogen (secondary N) is 1. The Bertz CT molecular complexity index is 1310. The number of carbonyl (C=O) groups excluding carboxylic acids is 1. The van der Waals surface area contributed by atoms with Crippen molar-refractivity contribution in [3.63, 3.8) is 0 Å². The van der Waals surface area contributed by atoms with Gasteiger partial charge in [0.2, 0.25) is 0 Å². The number of amides is 1. The fraction of sp³-hybridized carbons (Fsp3) is 0.188. The summed E-state index contributed by atoms with van der Waals surface area (Å²) in [5.41, 5.74) is 3.44. The maximum absolute atomic E-state index is 12.8. The summed E-state index contributed by atoms with van der Waals surface area (Å²) >= 11 is 0. The molecular weight excluding hydrogens is 478 g/mol. The van der Waals surface area contributed by atoms with Gasteiger partial charge in [-0.25, -0.2) is 4.79 Å². The molecule has 1 amide bonds. The number of carboxylic acid groups (broad SMARTS) is 1. The smallest absolute Gasteiger partial charge is 0.326 e. The Balaban J connectivity index is 1.28. The summed E-state index contributed by atoms with van der Waals surface area (Å²) in [6.45, 7) is 0.965. The second kappa shape index (κ2) is 13.7. The van der Waals surface area contributed by atoms with Gasteiger partial charge in [-0.2, -0.15) is 0 Å². The van der Waals surface area contributed by atoms with Crippen molar-refractivity contribution >= 4 is 11.9 Å². The molecule has 0 unspecified atom stereocenters. The average molecular weight is 510 g/mol.